The van der Waals surface area contributed by atoms with Crippen LogP contribution in [0.25, 0.3) is 0 Å². The van der Waals surface area contributed by atoms with E-state index in [9.17, 15) is 13.2 Å². The highest BCUT2D eigenvalue weighted by Gasteiger charge is 2.30. The quantitative estimate of drug-likeness (QED) is 0.906. The summed E-state index contributed by atoms with van der Waals surface area (Å²) in [7, 11) is 2.09. The molecule has 0 radical (unpaired) electrons. The summed E-state index contributed by atoms with van der Waals surface area (Å²) >= 11 is 0. The van der Waals surface area contributed by atoms with Gasteiger partial charge in [-0.05, 0) is 44.1 Å². The maximum atomic E-state index is 12.6. The zero-order valence-corrected chi connectivity index (χ0v) is 11.0. The SMILES string of the molecule is CN1CCC(CNCc2cccc(C(F)(F)F)c2)C1. The maximum Gasteiger partial charge on any atom is 0.416 e. The summed E-state index contributed by atoms with van der Waals surface area (Å²) in [5.74, 6) is 0.607. The molecule has 1 atom stereocenters. The molecule has 1 aliphatic rings. The number of benzene rings is 1. The average molecular weight is 272 g/mol. The summed E-state index contributed by atoms with van der Waals surface area (Å²) in [5, 5.41) is 3.25. The average Bonchev–Trinajstić information content (AvgIpc) is 2.74. The van der Waals surface area contributed by atoms with Crippen molar-refractivity contribution in [2.24, 2.45) is 5.92 Å². The number of nitrogens with zero attached hydrogens (tertiary/aromatic N) is 1. The van der Waals surface area contributed by atoms with Crippen LogP contribution in [-0.2, 0) is 12.7 Å². The second kappa shape index (κ2) is 5.92. The largest absolute Gasteiger partial charge is 0.416 e. The van der Waals surface area contributed by atoms with Gasteiger partial charge in [-0.25, -0.2) is 0 Å². The lowest BCUT2D eigenvalue weighted by atomic mass is 10.1. The van der Waals surface area contributed by atoms with E-state index in [2.05, 4.69) is 17.3 Å². The number of likely N-dealkylation sites (tertiary alicyclic amines) is 1. The van der Waals surface area contributed by atoms with E-state index >= 15 is 0 Å². The van der Waals surface area contributed by atoms with E-state index in [4.69, 9.17) is 0 Å². The fraction of sp³-hybridized carbons (Fsp3) is 0.571. The van der Waals surface area contributed by atoms with Gasteiger partial charge in [0.05, 0.1) is 5.56 Å². The summed E-state index contributed by atoms with van der Waals surface area (Å²) in [6.07, 6.45) is -3.10. The molecule has 0 aliphatic carbocycles. The van der Waals surface area contributed by atoms with Crippen molar-refractivity contribution in [3.05, 3.63) is 35.4 Å². The zero-order chi connectivity index (χ0) is 13.9. The monoisotopic (exact) mass is 272 g/mol. The van der Waals surface area contributed by atoms with Crippen LogP contribution in [0.3, 0.4) is 0 Å². The van der Waals surface area contributed by atoms with E-state index in [1.165, 1.54) is 12.1 Å². The van der Waals surface area contributed by atoms with E-state index < -0.39 is 11.7 Å². The molecule has 0 saturated carbocycles. The molecule has 1 heterocycles. The van der Waals surface area contributed by atoms with Gasteiger partial charge in [-0.1, -0.05) is 18.2 Å². The summed E-state index contributed by atoms with van der Waals surface area (Å²) in [4.78, 5) is 2.27. The van der Waals surface area contributed by atoms with Gasteiger partial charge in [0.1, 0.15) is 0 Å². The van der Waals surface area contributed by atoms with Crippen LogP contribution in [0.15, 0.2) is 24.3 Å². The van der Waals surface area contributed by atoms with Crippen LogP contribution in [0.5, 0.6) is 0 Å². The summed E-state index contributed by atoms with van der Waals surface area (Å²) in [6.45, 7) is 3.52. The van der Waals surface area contributed by atoms with Crippen molar-refractivity contribution in [2.75, 3.05) is 26.7 Å². The third-order valence-electron chi connectivity index (χ3n) is 3.51. The molecule has 1 saturated heterocycles. The lowest BCUT2D eigenvalue weighted by molar-refractivity contribution is -0.137. The van der Waals surface area contributed by atoms with Crippen LogP contribution in [0, 0.1) is 5.92 Å². The maximum absolute atomic E-state index is 12.6. The van der Waals surface area contributed by atoms with Gasteiger partial charge in [0.15, 0.2) is 0 Å². The second-order valence-corrected chi connectivity index (χ2v) is 5.25. The van der Waals surface area contributed by atoms with Gasteiger partial charge < -0.3 is 10.2 Å². The van der Waals surface area contributed by atoms with Crippen LogP contribution in [-0.4, -0.2) is 31.6 Å². The van der Waals surface area contributed by atoms with E-state index in [0.29, 0.717) is 18.0 Å². The minimum absolute atomic E-state index is 0.490. The Bertz CT molecular complexity index is 417. The van der Waals surface area contributed by atoms with E-state index in [1.807, 2.05) is 0 Å². The van der Waals surface area contributed by atoms with Crippen molar-refractivity contribution in [1.82, 2.24) is 10.2 Å². The molecule has 5 heteroatoms. The van der Waals surface area contributed by atoms with Gasteiger partial charge in [-0.15, -0.1) is 0 Å². The first-order valence-electron chi connectivity index (χ1n) is 6.50. The predicted octanol–water partition coefficient (Wildman–Crippen LogP) is 2.75. The van der Waals surface area contributed by atoms with E-state index in [-0.39, 0.29) is 0 Å². The van der Waals surface area contributed by atoms with Crippen LogP contribution in [0.1, 0.15) is 17.5 Å². The standard InChI is InChI=1S/C14H19F3N2/c1-19-6-5-12(10-19)9-18-8-11-3-2-4-13(7-11)14(15,16)17/h2-4,7,12,18H,5-6,8-10H2,1H3. The summed E-state index contributed by atoms with van der Waals surface area (Å²) in [5.41, 5.74) is 0.105. The van der Waals surface area contributed by atoms with E-state index in [0.717, 1.165) is 32.1 Å². The van der Waals surface area contributed by atoms with Crippen molar-refractivity contribution < 1.29 is 13.2 Å². The minimum atomic E-state index is -4.26. The van der Waals surface area contributed by atoms with Crippen molar-refractivity contribution >= 4 is 0 Å². The van der Waals surface area contributed by atoms with Crippen molar-refractivity contribution in [2.45, 2.75) is 19.1 Å². The van der Waals surface area contributed by atoms with Gasteiger partial charge in [0.25, 0.3) is 0 Å². The van der Waals surface area contributed by atoms with Gasteiger partial charge in [0.2, 0.25) is 0 Å². The van der Waals surface area contributed by atoms with Crippen LogP contribution >= 0.6 is 0 Å². The highest BCUT2D eigenvalue weighted by Crippen LogP contribution is 2.29. The molecule has 0 aromatic heterocycles. The highest BCUT2D eigenvalue weighted by molar-refractivity contribution is 5.25. The molecule has 0 bridgehead atoms. The first-order valence-corrected chi connectivity index (χ1v) is 6.50. The molecule has 19 heavy (non-hydrogen) atoms. The third kappa shape index (κ3) is 4.21. The second-order valence-electron chi connectivity index (χ2n) is 5.25. The molecular formula is C14H19F3N2. The van der Waals surface area contributed by atoms with Gasteiger partial charge in [-0.2, -0.15) is 13.2 Å². The number of hydrogen-bond acceptors (Lipinski definition) is 2. The fourth-order valence-corrected chi connectivity index (χ4v) is 2.47. The van der Waals surface area contributed by atoms with Crippen molar-refractivity contribution in [3.63, 3.8) is 0 Å². The molecule has 2 rings (SSSR count). The van der Waals surface area contributed by atoms with E-state index in [1.54, 1.807) is 6.07 Å². The topological polar surface area (TPSA) is 15.3 Å². The molecule has 1 fully saturated rings. The molecule has 0 spiro atoms. The Morgan fingerprint density at radius 1 is 1.37 bits per heavy atom. The lowest BCUT2D eigenvalue weighted by Gasteiger charge is -2.13. The molecule has 1 N–H and O–H groups in total. The summed E-state index contributed by atoms with van der Waals surface area (Å²) < 4.78 is 37.7. The molecule has 0 amide bonds. The molecule has 106 valence electrons. The van der Waals surface area contributed by atoms with Crippen molar-refractivity contribution in [1.29, 1.82) is 0 Å². The Kier molecular flexibility index (Phi) is 4.47. The predicted molar refractivity (Wildman–Crippen MR) is 68.8 cm³/mol. The number of alkyl halides is 3. The Morgan fingerprint density at radius 3 is 2.79 bits per heavy atom. The Hall–Kier alpha value is -1.07. The lowest BCUT2D eigenvalue weighted by Crippen LogP contribution is -2.24. The Balaban J connectivity index is 1.83. The van der Waals surface area contributed by atoms with Gasteiger partial charge in [-0.3, -0.25) is 0 Å². The minimum Gasteiger partial charge on any atom is -0.312 e. The molecular weight excluding hydrogens is 253 g/mol. The van der Waals surface area contributed by atoms with Gasteiger partial charge in [0, 0.05) is 13.1 Å². The van der Waals surface area contributed by atoms with Crippen LogP contribution in [0.2, 0.25) is 0 Å². The Labute approximate surface area is 111 Å². The van der Waals surface area contributed by atoms with Gasteiger partial charge >= 0.3 is 6.18 Å². The summed E-state index contributed by atoms with van der Waals surface area (Å²) in [6, 6.07) is 5.51. The molecule has 1 unspecified atom stereocenters. The molecule has 1 aromatic rings. The number of nitrogens with one attached hydrogen (secondary N) is 1. The molecule has 1 aromatic carbocycles. The molecule has 2 nitrogen and oxygen atoms in total. The van der Waals surface area contributed by atoms with Crippen LogP contribution < -0.4 is 5.32 Å². The number of halogens is 3. The third-order valence-corrected chi connectivity index (χ3v) is 3.51. The normalized spacial score (nSPS) is 20.9. The highest BCUT2D eigenvalue weighted by atomic mass is 19.4. The van der Waals surface area contributed by atoms with Crippen LogP contribution in [0.4, 0.5) is 13.2 Å². The Morgan fingerprint density at radius 2 is 2.16 bits per heavy atom. The first kappa shape index (κ1) is 14.3. The van der Waals surface area contributed by atoms with Crippen molar-refractivity contribution in [3.8, 4) is 0 Å². The zero-order valence-electron chi connectivity index (χ0n) is 11.0. The number of rotatable bonds is 4. The smallest absolute Gasteiger partial charge is 0.312 e. The number of hydrogen-bond donors (Lipinski definition) is 1. The fourth-order valence-electron chi connectivity index (χ4n) is 2.47. The first-order chi connectivity index (χ1) is 8.95. The molecule has 1 aliphatic heterocycles.